The van der Waals surface area contributed by atoms with Crippen LogP contribution in [-0.4, -0.2) is 46.9 Å². The summed E-state index contributed by atoms with van der Waals surface area (Å²) in [5.41, 5.74) is 0.910. The lowest BCUT2D eigenvalue weighted by Crippen LogP contribution is -2.29. The van der Waals surface area contributed by atoms with Gasteiger partial charge >= 0.3 is 0 Å². The van der Waals surface area contributed by atoms with Gasteiger partial charge in [0.15, 0.2) is 0 Å². The Bertz CT molecular complexity index is 866. The first-order valence-electron chi connectivity index (χ1n) is 7.57. The zero-order valence-electron chi connectivity index (χ0n) is 13.3. The van der Waals surface area contributed by atoms with E-state index in [-0.39, 0.29) is 12.3 Å². The van der Waals surface area contributed by atoms with Gasteiger partial charge in [-0.1, -0.05) is 47.9 Å². The van der Waals surface area contributed by atoms with Gasteiger partial charge in [0, 0.05) is 23.7 Å². The minimum atomic E-state index is -4.26. The Labute approximate surface area is 160 Å². The molecule has 0 N–H and O–H groups in total. The van der Waals surface area contributed by atoms with Gasteiger partial charge < -0.3 is 9.45 Å². The third kappa shape index (κ3) is 3.87. The highest BCUT2D eigenvalue weighted by atomic mass is 32.2. The third-order valence-electron chi connectivity index (χ3n) is 3.74. The summed E-state index contributed by atoms with van der Waals surface area (Å²) in [7, 11) is -4.26. The summed E-state index contributed by atoms with van der Waals surface area (Å²) in [5, 5.41) is 0.748. The lowest BCUT2D eigenvalue weighted by atomic mass is 10.3. The lowest BCUT2D eigenvalue weighted by molar-refractivity contribution is -0.122. The van der Waals surface area contributed by atoms with E-state index >= 15 is 0 Å². The van der Waals surface area contributed by atoms with Crippen LogP contribution in [0.5, 0.6) is 0 Å². The average Bonchev–Trinajstić information content (AvgIpc) is 3.04. The van der Waals surface area contributed by atoms with Gasteiger partial charge in [0.05, 0.1) is 15.8 Å². The molecule has 134 valence electrons. The van der Waals surface area contributed by atoms with Crippen LogP contribution in [0.15, 0.2) is 39.1 Å². The summed E-state index contributed by atoms with van der Waals surface area (Å²) in [6, 6.07) is 7.66. The number of benzene rings is 1. The van der Waals surface area contributed by atoms with Crippen LogP contribution >= 0.6 is 35.7 Å². The van der Waals surface area contributed by atoms with E-state index in [1.165, 1.54) is 23.5 Å². The number of amides is 1. The molecule has 10 heteroatoms. The van der Waals surface area contributed by atoms with Gasteiger partial charge in [0.25, 0.3) is 5.91 Å². The van der Waals surface area contributed by atoms with E-state index in [0.29, 0.717) is 22.3 Å². The summed E-state index contributed by atoms with van der Waals surface area (Å²) in [6.45, 7) is 2.72. The van der Waals surface area contributed by atoms with Crippen LogP contribution in [0.2, 0.25) is 0 Å². The number of thiocarbonyl (C=S) groups is 1. The van der Waals surface area contributed by atoms with Crippen LogP contribution in [-0.2, 0) is 14.9 Å². The number of hydrogen-bond acceptors (Lipinski definition) is 8. The van der Waals surface area contributed by atoms with Gasteiger partial charge in [-0.05, 0) is 25.5 Å². The standard InChI is InChI=1S/C15H16N2O4S4/c1-2-16-13(18)12(24-15(16)22)14-17(8-5-9-25(19,20)21)10-6-3-4-7-11(10)23-14/h3-4,6-7H,2,5,8-9H2,1H3,(H,19,20,21)/p-1/b14-12+. The van der Waals surface area contributed by atoms with Crippen molar-refractivity contribution >= 4 is 61.8 Å². The summed E-state index contributed by atoms with van der Waals surface area (Å²) < 4.78 is 33.2. The molecule has 0 radical (unpaired) electrons. The van der Waals surface area contributed by atoms with Crippen LogP contribution in [0.25, 0.3) is 0 Å². The molecular formula is C15H15N2O4S4-. The van der Waals surface area contributed by atoms with Gasteiger partial charge in [-0.25, -0.2) is 8.42 Å². The van der Waals surface area contributed by atoms with E-state index in [4.69, 9.17) is 12.2 Å². The van der Waals surface area contributed by atoms with Crippen molar-refractivity contribution in [1.29, 1.82) is 0 Å². The molecule has 0 bridgehead atoms. The number of thioether (sulfide) groups is 2. The van der Waals surface area contributed by atoms with E-state index in [2.05, 4.69) is 0 Å². The lowest BCUT2D eigenvalue weighted by Gasteiger charge is -2.21. The molecule has 1 aromatic carbocycles. The number of carbonyl (C=O) groups is 1. The second kappa shape index (κ2) is 7.28. The predicted octanol–water partition coefficient (Wildman–Crippen LogP) is 2.58. The first kappa shape index (κ1) is 18.7. The first-order chi connectivity index (χ1) is 11.8. The average molecular weight is 416 g/mol. The molecule has 1 saturated heterocycles. The number of para-hydroxylation sites is 1. The molecule has 0 aromatic heterocycles. The fourth-order valence-corrected chi connectivity index (χ4v) is 5.83. The van der Waals surface area contributed by atoms with Crippen molar-refractivity contribution in [3.63, 3.8) is 0 Å². The molecule has 3 rings (SSSR count). The second-order valence-corrected chi connectivity index (χ2v) is 9.59. The molecule has 1 amide bonds. The van der Waals surface area contributed by atoms with Crippen LogP contribution < -0.4 is 4.90 Å². The molecule has 1 fully saturated rings. The number of rotatable bonds is 5. The smallest absolute Gasteiger partial charge is 0.268 e. The minimum Gasteiger partial charge on any atom is -0.748 e. The Kier molecular flexibility index (Phi) is 5.45. The van der Waals surface area contributed by atoms with Crippen molar-refractivity contribution in [3.8, 4) is 0 Å². The van der Waals surface area contributed by atoms with Crippen molar-refractivity contribution in [2.75, 3.05) is 23.7 Å². The SMILES string of the molecule is CCN1C(=O)/C(=C2\Sc3ccccc3N2CCCS(=O)(=O)[O-])SC1=S. The number of anilines is 1. The van der Waals surface area contributed by atoms with Crippen molar-refractivity contribution in [1.82, 2.24) is 4.90 Å². The normalized spacial score (nSPS) is 20.6. The minimum absolute atomic E-state index is 0.130. The summed E-state index contributed by atoms with van der Waals surface area (Å²) >= 11 is 8.01. The van der Waals surface area contributed by atoms with Gasteiger partial charge in [-0.3, -0.25) is 9.69 Å². The van der Waals surface area contributed by atoms with Crippen LogP contribution in [0.4, 0.5) is 5.69 Å². The van der Waals surface area contributed by atoms with Gasteiger partial charge in [-0.15, -0.1) is 0 Å². The Morgan fingerprint density at radius 1 is 1.20 bits per heavy atom. The van der Waals surface area contributed by atoms with Crippen molar-refractivity contribution in [2.24, 2.45) is 0 Å². The molecular weight excluding hydrogens is 400 g/mol. The van der Waals surface area contributed by atoms with Crippen molar-refractivity contribution < 1.29 is 17.8 Å². The van der Waals surface area contributed by atoms with Gasteiger partial charge in [0.1, 0.15) is 14.3 Å². The molecule has 0 aliphatic carbocycles. The van der Waals surface area contributed by atoms with Crippen LogP contribution in [0.3, 0.4) is 0 Å². The molecule has 2 aliphatic heterocycles. The molecule has 2 heterocycles. The molecule has 1 aromatic rings. The van der Waals surface area contributed by atoms with E-state index in [1.54, 1.807) is 4.90 Å². The quantitative estimate of drug-likeness (QED) is 0.412. The number of carbonyl (C=O) groups excluding carboxylic acids is 1. The topological polar surface area (TPSA) is 80.8 Å². The van der Waals surface area contributed by atoms with Crippen molar-refractivity contribution in [3.05, 3.63) is 34.2 Å². The first-order valence-corrected chi connectivity index (χ1v) is 11.2. The van der Waals surface area contributed by atoms with Gasteiger partial charge in [-0.2, -0.15) is 0 Å². The van der Waals surface area contributed by atoms with E-state index < -0.39 is 15.9 Å². The molecule has 0 spiro atoms. The largest absolute Gasteiger partial charge is 0.748 e. The Balaban J connectivity index is 1.94. The van der Waals surface area contributed by atoms with E-state index in [0.717, 1.165) is 15.6 Å². The zero-order chi connectivity index (χ0) is 18.2. The monoisotopic (exact) mass is 415 g/mol. The number of hydrogen-bond donors (Lipinski definition) is 0. The third-order valence-corrected chi connectivity index (χ3v) is 7.28. The maximum Gasteiger partial charge on any atom is 0.268 e. The summed E-state index contributed by atoms with van der Waals surface area (Å²) in [4.78, 5) is 17.6. The highest BCUT2D eigenvalue weighted by molar-refractivity contribution is 8.27. The molecule has 6 nitrogen and oxygen atoms in total. The van der Waals surface area contributed by atoms with Gasteiger partial charge in [0.2, 0.25) is 0 Å². The maximum atomic E-state index is 12.6. The fraction of sp³-hybridized carbons (Fsp3) is 0.333. The molecule has 0 atom stereocenters. The summed E-state index contributed by atoms with van der Waals surface area (Å²) in [6.07, 6.45) is 0.193. The fourth-order valence-electron chi connectivity index (χ4n) is 2.62. The molecule has 0 unspecified atom stereocenters. The zero-order valence-corrected chi connectivity index (χ0v) is 16.6. The van der Waals surface area contributed by atoms with Crippen molar-refractivity contribution in [2.45, 2.75) is 18.2 Å². The maximum absolute atomic E-state index is 12.6. The Morgan fingerprint density at radius 2 is 1.92 bits per heavy atom. The highest BCUT2D eigenvalue weighted by Crippen LogP contribution is 2.50. The number of likely N-dealkylation sites (N-methyl/N-ethyl adjacent to an activating group) is 1. The molecule has 2 aliphatic rings. The Morgan fingerprint density at radius 3 is 2.56 bits per heavy atom. The molecule has 25 heavy (non-hydrogen) atoms. The predicted molar refractivity (Wildman–Crippen MR) is 103 cm³/mol. The highest BCUT2D eigenvalue weighted by Gasteiger charge is 2.38. The van der Waals surface area contributed by atoms with Crippen LogP contribution in [0, 0.1) is 0 Å². The molecule has 0 saturated carbocycles. The Hall–Kier alpha value is -1.07. The number of nitrogens with zero attached hydrogens (tertiary/aromatic N) is 2. The van der Waals surface area contributed by atoms with Crippen LogP contribution in [0.1, 0.15) is 13.3 Å². The summed E-state index contributed by atoms with van der Waals surface area (Å²) in [5.74, 6) is -0.561. The van der Waals surface area contributed by atoms with E-state index in [9.17, 15) is 17.8 Å². The number of fused-ring (bicyclic) bond motifs is 1. The second-order valence-electron chi connectivity index (χ2n) is 5.39. The van der Waals surface area contributed by atoms with E-state index in [1.807, 2.05) is 36.1 Å².